The molecule has 1 unspecified atom stereocenters. The maximum absolute atomic E-state index is 13.2. The van der Waals surface area contributed by atoms with E-state index >= 15 is 0 Å². The summed E-state index contributed by atoms with van der Waals surface area (Å²) in [6.07, 6.45) is -0.883. The van der Waals surface area contributed by atoms with E-state index in [0.29, 0.717) is 16.9 Å². The minimum absolute atomic E-state index is 0.00981. The second-order valence-corrected chi connectivity index (χ2v) is 7.58. The molecule has 0 saturated heterocycles. The normalized spacial score (nSPS) is 12.3. The number of ether oxygens (including phenoxy) is 2. The maximum Gasteiger partial charge on any atom is 0.320 e. The van der Waals surface area contributed by atoms with Crippen LogP contribution in [0.4, 0.5) is 4.39 Å². The van der Waals surface area contributed by atoms with Crippen LogP contribution in [0.2, 0.25) is 0 Å². The van der Waals surface area contributed by atoms with Crippen molar-refractivity contribution in [2.24, 2.45) is 0 Å². The summed E-state index contributed by atoms with van der Waals surface area (Å²) in [6, 6.07) is 12.2. The summed E-state index contributed by atoms with van der Waals surface area (Å²) in [5.41, 5.74) is 0.573. The van der Waals surface area contributed by atoms with Crippen LogP contribution >= 0.6 is 0 Å². The molecule has 0 spiro atoms. The minimum atomic E-state index is -0.838. The number of hydrogen-bond acceptors (Lipinski definition) is 6. The summed E-state index contributed by atoms with van der Waals surface area (Å²) in [7, 11) is 0. The lowest BCUT2D eigenvalue weighted by Gasteiger charge is -2.20. The molecule has 0 saturated carbocycles. The molecule has 2 N–H and O–H groups in total. The van der Waals surface area contributed by atoms with Gasteiger partial charge in [-0.15, -0.1) is 0 Å². The molecule has 0 heterocycles. The predicted molar refractivity (Wildman–Crippen MR) is 106 cm³/mol. The average Bonchev–Trinajstić information content (AvgIpc) is 2.60. The fraction of sp³-hybridized carbons (Fsp3) is 0.364. The Morgan fingerprint density at radius 1 is 1.10 bits per heavy atom. The molecule has 156 valence electrons. The zero-order chi connectivity index (χ0) is 21.4. The van der Waals surface area contributed by atoms with Crippen LogP contribution in [-0.2, 0) is 20.7 Å². The summed E-state index contributed by atoms with van der Waals surface area (Å²) in [4.78, 5) is 23.6. The predicted octanol–water partition coefficient (Wildman–Crippen LogP) is 2.94. The topological polar surface area (TPSA) is 84.9 Å². The van der Waals surface area contributed by atoms with E-state index in [9.17, 15) is 19.1 Å². The Balaban J connectivity index is 1.79. The number of esters is 2. The van der Waals surface area contributed by atoms with Crippen molar-refractivity contribution in [2.75, 3.05) is 13.1 Å². The van der Waals surface area contributed by atoms with Crippen molar-refractivity contribution in [2.45, 2.75) is 38.9 Å². The van der Waals surface area contributed by atoms with Crippen molar-refractivity contribution in [1.29, 1.82) is 0 Å². The van der Waals surface area contributed by atoms with E-state index in [1.54, 1.807) is 51.1 Å². The largest absolute Gasteiger partial charge is 0.459 e. The summed E-state index contributed by atoms with van der Waals surface area (Å²) in [5.74, 6) is -0.994. The number of benzene rings is 2. The molecule has 6 nitrogen and oxygen atoms in total. The summed E-state index contributed by atoms with van der Waals surface area (Å²) < 4.78 is 23.6. The number of nitrogens with one attached hydrogen (secondary N) is 1. The fourth-order valence-electron chi connectivity index (χ4n) is 2.55. The quantitative estimate of drug-likeness (QED) is 0.521. The lowest BCUT2D eigenvalue weighted by Crippen LogP contribution is -2.33. The van der Waals surface area contributed by atoms with E-state index in [1.165, 1.54) is 18.2 Å². The van der Waals surface area contributed by atoms with Crippen molar-refractivity contribution in [3.63, 3.8) is 0 Å². The maximum atomic E-state index is 13.2. The third kappa shape index (κ3) is 8.41. The van der Waals surface area contributed by atoms with E-state index in [0.717, 1.165) is 0 Å². The zero-order valence-corrected chi connectivity index (χ0v) is 16.8. The van der Waals surface area contributed by atoms with Crippen LogP contribution in [-0.4, -0.2) is 35.7 Å². The Labute approximate surface area is 169 Å². The van der Waals surface area contributed by atoms with E-state index in [2.05, 4.69) is 5.32 Å². The van der Waals surface area contributed by atoms with Gasteiger partial charge in [-0.2, -0.15) is 0 Å². The fourth-order valence-corrected chi connectivity index (χ4v) is 2.55. The first-order valence-electron chi connectivity index (χ1n) is 9.28. The average molecular weight is 403 g/mol. The van der Waals surface area contributed by atoms with Gasteiger partial charge in [-0.05, 0) is 56.2 Å². The molecule has 0 aliphatic heterocycles. The second-order valence-electron chi connectivity index (χ2n) is 7.58. The number of carbonyl (C=O) groups excluding carboxylic acids is 2. The number of aliphatic hydroxyl groups is 1. The highest BCUT2D eigenvalue weighted by molar-refractivity contribution is 5.75. The van der Waals surface area contributed by atoms with Crippen LogP contribution in [0.1, 0.15) is 38.0 Å². The molecule has 0 aliphatic rings. The Kier molecular flexibility index (Phi) is 7.87. The minimum Gasteiger partial charge on any atom is -0.459 e. The van der Waals surface area contributed by atoms with Crippen LogP contribution in [0.3, 0.4) is 0 Å². The van der Waals surface area contributed by atoms with Crippen molar-refractivity contribution in [3.8, 4) is 5.75 Å². The van der Waals surface area contributed by atoms with Gasteiger partial charge in [0.15, 0.2) is 0 Å². The van der Waals surface area contributed by atoms with Crippen LogP contribution in [0, 0.1) is 5.82 Å². The Morgan fingerprint density at radius 3 is 2.41 bits per heavy atom. The molecule has 0 bridgehead atoms. The molecule has 2 rings (SSSR count). The van der Waals surface area contributed by atoms with E-state index in [4.69, 9.17) is 9.47 Å². The van der Waals surface area contributed by atoms with Crippen molar-refractivity contribution >= 4 is 11.9 Å². The monoisotopic (exact) mass is 403 g/mol. The van der Waals surface area contributed by atoms with Crippen molar-refractivity contribution in [1.82, 2.24) is 5.32 Å². The molecule has 7 heteroatoms. The van der Waals surface area contributed by atoms with E-state index in [1.807, 2.05) is 0 Å². The first kappa shape index (κ1) is 22.5. The molecular formula is C22H26FNO5. The molecule has 0 aromatic heterocycles. The van der Waals surface area contributed by atoms with Crippen LogP contribution in [0.25, 0.3) is 0 Å². The van der Waals surface area contributed by atoms with Gasteiger partial charge in [0.1, 0.15) is 17.2 Å². The SMILES string of the molecule is CC(C)(C)OC(=O)CNCC(O)c1ccc(OC(=O)Cc2cccc(F)c2)cc1. The lowest BCUT2D eigenvalue weighted by molar-refractivity contribution is -0.153. The standard InChI is InChI=1S/C22H26FNO5/c1-22(2,3)29-21(27)14-24-13-19(25)16-7-9-18(10-8-16)28-20(26)12-15-5-4-6-17(23)11-15/h4-11,19,24-25H,12-14H2,1-3H3. The molecule has 0 aliphatic carbocycles. The summed E-state index contributed by atoms with van der Waals surface area (Å²) in [5, 5.41) is 13.0. The van der Waals surface area contributed by atoms with Gasteiger partial charge in [0.2, 0.25) is 0 Å². The van der Waals surface area contributed by atoms with Gasteiger partial charge in [-0.1, -0.05) is 24.3 Å². The Hall–Kier alpha value is -2.77. The van der Waals surface area contributed by atoms with E-state index < -0.39 is 29.5 Å². The Morgan fingerprint density at radius 2 is 1.79 bits per heavy atom. The number of carbonyl (C=O) groups is 2. The molecule has 0 fully saturated rings. The zero-order valence-electron chi connectivity index (χ0n) is 16.8. The first-order valence-corrected chi connectivity index (χ1v) is 9.28. The molecular weight excluding hydrogens is 377 g/mol. The number of rotatable bonds is 8. The third-order valence-electron chi connectivity index (χ3n) is 3.76. The van der Waals surface area contributed by atoms with Crippen molar-refractivity contribution in [3.05, 3.63) is 65.5 Å². The van der Waals surface area contributed by atoms with Gasteiger partial charge in [-0.3, -0.25) is 9.59 Å². The van der Waals surface area contributed by atoms with Crippen molar-refractivity contribution < 1.29 is 28.6 Å². The molecule has 1 atom stereocenters. The van der Waals surface area contributed by atoms with Gasteiger partial charge in [-0.25, -0.2) is 4.39 Å². The second kappa shape index (κ2) is 10.1. The lowest BCUT2D eigenvalue weighted by atomic mass is 10.1. The highest BCUT2D eigenvalue weighted by atomic mass is 19.1. The number of hydrogen-bond donors (Lipinski definition) is 2. The van der Waals surface area contributed by atoms with Gasteiger partial charge >= 0.3 is 11.9 Å². The van der Waals surface area contributed by atoms with E-state index in [-0.39, 0.29) is 19.5 Å². The smallest absolute Gasteiger partial charge is 0.320 e. The first-order chi connectivity index (χ1) is 13.6. The number of aliphatic hydroxyl groups excluding tert-OH is 1. The van der Waals surface area contributed by atoms with Gasteiger partial charge in [0, 0.05) is 6.54 Å². The Bertz CT molecular complexity index is 830. The molecule has 2 aromatic carbocycles. The van der Waals surface area contributed by atoms with Crippen LogP contribution in [0.5, 0.6) is 5.75 Å². The molecule has 29 heavy (non-hydrogen) atoms. The summed E-state index contributed by atoms with van der Waals surface area (Å²) in [6.45, 7) is 5.51. The summed E-state index contributed by atoms with van der Waals surface area (Å²) >= 11 is 0. The van der Waals surface area contributed by atoms with Gasteiger partial charge in [0.25, 0.3) is 0 Å². The van der Waals surface area contributed by atoms with Gasteiger partial charge in [0.05, 0.1) is 19.1 Å². The van der Waals surface area contributed by atoms with Crippen LogP contribution in [0.15, 0.2) is 48.5 Å². The number of halogens is 1. The van der Waals surface area contributed by atoms with Crippen LogP contribution < -0.4 is 10.1 Å². The third-order valence-corrected chi connectivity index (χ3v) is 3.76. The highest BCUT2D eigenvalue weighted by Gasteiger charge is 2.16. The molecule has 0 radical (unpaired) electrons. The highest BCUT2D eigenvalue weighted by Crippen LogP contribution is 2.18. The van der Waals surface area contributed by atoms with Gasteiger partial charge < -0.3 is 19.9 Å². The molecule has 0 amide bonds. The molecule has 2 aromatic rings.